The minimum absolute atomic E-state index is 0.298. The number of thioether (sulfide) groups is 1. The maximum atomic E-state index is 11.8. The van der Waals surface area contributed by atoms with E-state index in [9.17, 15) is 9.90 Å². The molecule has 2 aromatic rings. The quantitative estimate of drug-likeness (QED) is 0.623. The number of nitrogens with zero attached hydrogens (tertiary/aromatic N) is 2. The van der Waals surface area contributed by atoms with E-state index in [-0.39, 0.29) is 0 Å². The van der Waals surface area contributed by atoms with Gasteiger partial charge < -0.3 is 10.4 Å². The Kier molecular flexibility index (Phi) is 4.70. The second kappa shape index (κ2) is 6.49. The fraction of sp³-hybridized carbons (Fsp3) is 0.214. The highest BCUT2D eigenvalue weighted by atomic mass is 32.2. The molecule has 0 spiro atoms. The third kappa shape index (κ3) is 2.97. The Morgan fingerprint density at radius 1 is 1.25 bits per heavy atom. The molecule has 0 aliphatic heterocycles. The molecule has 1 unspecified atom stereocenters. The smallest absolute Gasteiger partial charge is 0.329 e. The average Bonchev–Trinajstić information content (AvgIpc) is 2.50. The van der Waals surface area contributed by atoms with Gasteiger partial charge in [0.15, 0.2) is 10.7 Å². The molecule has 1 atom stereocenters. The lowest BCUT2D eigenvalue weighted by atomic mass is 9.92. The SMILES string of the molecule is CNC(CSc1ncccn1)(C(=O)O)c1ccccc1. The van der Waals surface area contributed by atoms with Crippen molar-refractivity contribution in [2.45, 2.75) is 10.7 Å². The Bertz CT molecular complexity index is 565. The molecule has 104 valence electrons. The molecule has 2 N–H and O–H groups in total. The van der Waals surface area contributed by atoms with Crippen LogP contribution in [0, 0.1) is 0 Å². The fourth-order valence-electron chi connectivity index (χ4n) is 1.85. The molecule has 0 amide bonds. The molecule has 0 saturated heterocycles. The summed E-state index contributed by atoms with van der Waals surface area (Å²) in [5, 5.41) is 13.1. The summed E-state index contributed by atoms with van der Waals surface area (Å²) >= 11 is 1.31. The van der Waals surface area contributed by atoms with Crippen LogP contribution in [0.3, 0.4) is 0 Å². The Morgan fingerprint density at radius 2 is 1.90 bits per heavy atom. The van der Waals surface area contributed by atoms with Gasteiger partial charge >= 0.3 is 5.97 Å². The van der Waals surface area contributed by atoms with E-state index in [1.807, 2.05) is 18.2 Å². The first-order valence-corrected chi connectivity index (χ1v) is 7.05. The van der Waals surface area contributed by atoms with E-state index in [4.69, 9.17) is 0 Å². The van der Waals surface area contributed by atoms with Crippen molar-refractivity contribution in [1.82, 2.24) is 15.3 Å². The van der Waals surface area contributed by atoms with Gasteiger partial charge in [-0.3, -0.25) is 0 Å². The van der Waals surface area contributed by atoms with E-state index in [1.165, 1.54) is 11.8 Å². The fourth-order valence-corrected chi connectivity index (χ4v) is 2.90. The molecule has 1 heterocycles. The summed E-state index contributed by atoms with van der Waals surface area (Å²) in [6.07, 6.45) is 3.28. The van der Waals surface area contributed by atoms with Crippen LogP contribution in [0.25, 0.3) is 0 Å². The number of benzene rings is 1. The van der Waals surface area contributed by atoms with Gasteiger partial charge in [0.05, 0.1) is 0 Å². The van der Waals surface area contributed by atoms with Crippen molar-refractivity contribution >= 4 is 17.7 Å². The first kappa shape index (κ1) is 14.5. The van der Waals surface area contributed by atoms with Crippen LogP contribution in [-0.2, 0) is 10.3 Å². The summed E-state index contributed by atoms with van der Waals surface area (Å²) in [6.45, 7) is 0. The summed E-state index contributed by atoms with van der Waals surface area (Å²) in [4.78, 5) is 20.0. The van der Waals surface area contributed by atoms with Gasteiger partial charge in [-0.1, -0.05) is 42.1 Å². The zero-order valence-corrected chi connectivity index (χ0v) is 11.8. The van der Waals surface area contributed by atoms with Gasteiger partial charge in [-0.15, -0.1) is 0 Å². The number of aromatic nitrogens is 2. The van der Waals surface area contributed by atoms with E-state index in [0.717, 1.165) is 0 Å². The zero-order chi connectivity index (χ0) is 14.4. The molecule has 0 fully saturated rings. The molecule has 5 nitrogen and oxygen atoms in total. The number of likely N-dealkylation sites (N-methyl/N-ethyl adjacent to an activating group) is 1. The van der Waals surface area contributed by atoms with E-state index in [2.05, 4.69) is 15.3 Å². The van der Waals surface area contributed by atoms with Crippen LogP contribution in [0.15, 0.2) is 53.9 Å². The third-order valence-corrected chi connectivity index (χ3v) is 4.06. The van der Waals surface area contributed by atoms with Crippen LogP contribution < -0.4 is 5.32 Å². The first-order chi connectivity index (χ1) is 9.69. The lowest BCUT2D eigenvalue weighted by Gasteiger charge is -2.28. The van der Waals surface area contributed by atoms with Crippen molar-refractivity contribution < 1.29 is 9.90 Å². The highest BCUT2D eigenvalue weighted by Gasteiger charge is 2.39. The normalized spacial score (nSPS) is 13.7. The summed E-state index contributed by atoms with van der Waals surface area (Å²) in [6, 6.07) is 10.8. The molecule has 6 heteroatoms. The topological polar surface area (TPSA) is 75.1 Å². The summed E-state index contributed by atoms with van der Waals surface area (Å²) in [7, 11) is 1.65. The van der Waals surface area contributed by atoms with E-state index >= 15 is 0 Å². The maximum Gasteiger partial charge on any atom is 0.329 e. The zero-order valence-electron chi connectivity index (χ0n) is 11.0. The van der Waals surface area contributed by atoms with Crippen molar-refractivity contribution in [1.29, 1.82) is 0 Å². The number of carbonyl (C=O) groups is 1. The first-order valence-electron chi connectivity index (χ1n) is 6.07. The Morgan fingerprint density at radius 3 is 2.45 bits per heavy atom. The van der Waals surface area contributed by atoms with Gasteiger partial charge in [0.25, 0.3) is 0 Å². The van der Waals surface area contributed by atoms with E-state index < -0.39 is 11.5 Å². The number of aliphatic carboxylic acids is 1. The monoisotopic (exact) mass is 289 g/mol. The second-order valence-electron chi connectivity index (χ2n) is 4.15. The van der Waals surface area contributed by atoms with Crippen LogP contribution in [0.5, 0.6) is 0 Å². The van der Waals surface area contributed by atoms with E-state index in [0.29, 0.717) is 16.5 Å². The highest BCUT2D eigenvalue weighted by Crippen LogP contribution is 2.28. The Balaban J connectivity index is 2.26. The molecule has 0 aliphatic carbocycles. The van der Waals surface area contributed by atoms with Crippen LogP contribution in [0.1, 0.15) is 5.56 Å². The average molecular weight is 289 g/mol. The van der Waals surface area contributed by atoms with Crippen molar-refractivity contribution in [3.8, 4) is 0 Å². The van der Waals surface area contributed by atoms with Crippen LogP contribution in [0.4, 0.5) is 0 Å². The Labute approximate surface area is 121 Å². The molecule has 0 aliphatic rings. The molecule has 1 aromatic carbocycles. The summed E-state index contributed by atoms with van der Waals surface area (Å²) in [5.41, 5.74) is -0.455. The van der Waals surface area contributed by atoms with Crippen LogP contribution >= 0.6 is 11.8 Å². The number of hydrogen-bond acceptors (Lipinski definition) is 5. The van der Waals surface area contributed by atoms with E-state index in [1.54, 1.807) is 37.6 Å². The lowest BCUT2D eigenvalue weighted by molar-refractivity contribution is -0.144. The van der Waals surface area contributed by atoms with Crippen molar-refractivity contribution in [3.05, 3.63) is 54.4 Å². The summed E-state index contributed by atoms with van der Waals surface area (Å²) < 4.78 is 0. The van der Waals surface area contributed by atoms with Gasteiger partial charge in [-0.25, -0.2) is 14.8 Å². The minimum Gasteiger partial charge on any atom is -0.480 e. The largest absolute Gasteiger partial charge is 0.480 e. The van der Waals surface area contributed by atoms with Gasteiger partial charge in [-0.05, 0) is 18.7 Å². The number of carboxylic acid groups (broad SMARTS) is 1. The number of rotatable bonds is 6. The van der Waals surface area contributed by atoms with Gasteiger partial charge in [0, 0.05) is 18.1 Å². The third-order valence-electron chi connectivity index (χ3n) is 3.02. The van der Waals surface area contributed by atoms with Crippen LogP contribution in [-0.4, -0.2) is 33.8 Å². The highest BCUT2D eigenvalue weighted by molar-refractivity contribution is 7.99. The lowest BCUT2D eigenvalue weighted by Crippen LogP contribution is -2.49. The predicted molar refractivity (Wildman–Crippen MR) is 77.6 cm³/mol. The van der Waals surface area contributed by atoms with Crippen molar-refractivity contribution in [3.63, 3.8) is 0 Å². The molecule has 20 heavy (non-hydrogen) atoms. The van der Waals surface area contributed by atoms with Crippen molar-refractivity contribution in [2.24, 2.45) is 0 Å². The summed E-state index contributed by atoms with van der Waals surface area (Å²) in [5.74, 6) is -0.623. The maximum absolute atomic E-state index is 11.8. The van der Waals surface area contributed by atoms with Gasteiger partial charge in [0.1, 0.15) is 0 Å². The molecule has 0 bridgehead atoms. The molecule has 0 radical (unpaired) electrons. The van der Waals surface area contributed by atoms with Crippen molar-refractivity contribution in [2.75, 3.05) is 12.8 Å². The number of carboxylic acids is 1. The van der Waals surface area contributed by atoms with Crippen LogP contribution in [0.2, 0.25) is 0 Å². The molecular weight excluding hydrogens is 274 g/mol. The standard InChI is InChI=1S/C14H15N3O2S/c1-15-14(12(18)19,11-6-3-2-4-7-11)10-20-13-16-8-5-9-17-13/h2-9,15H,10H2,1H3,(H,18,19). The molecule has 1 aromatic heterocycles. The number of nitrogens with one attached hydrogen (secondary N) is 1. The molecular formula is C14H15N3O2S. The van der Waals surface area contributed by atoms with Gasteiger partial charge in [-0.2, -0.15) is 0 Å². The Hall–Kier alpha value is -1.92. The molecule has 0 saturated carbocycles. The van der Waals surface area contributed by atoms with Gasteiger partial charge in [0.2, 0.25) is 0 Å². The predicted octanol–water partition coefficient (Wildman–Crippen LogP) is 1.77. The molecule has 2 rings (SSSR count). The number of hydrogen-bond donors (Lipinski definition) is 2. The second-order valence-corrected chi connectivity index (χ2v) is 5.09. The minimum atomic E-state index is -1.16.